The van der Waals surface area contributed by atoms with Crippen LogP contribution in [-0.2, 0) is 32.6 Å². The van der Waals surface area contributed by atoms with Gasteiger partial charge in [-0.3, -0.25) is 13.9 Å². The van der Waals surface area contributed by atoms with Crippen LogP contribution in [0.3, 0.4) is 0 Å². The Labute approximate surface area is 239 Å². The highest BCUT2D eigenvalue weighted by Crippen LogP contribution is 2.20. The minimum atomic E-state index is -3.53. The first-order chi connectivity index (χ1) is 19.2. The van der Waals surface area contributed by atoms with Crippen molar-refractivity contribution in [2.24, 2.45) is 0 Å². The second-order valence-corrected chi connectivity index (χ2v) is 12.0. The number of nitrogens with zero attached hydrogens (tertiary/aromatic N) is 2. The smallest absolute Gasteiger partial charge is 0.243 e. The number of carbonyl (C=O) groups is 2. The van der Waals surface area contributed by atoms with Gasteiger partial charge in [0.1, 0.15) is 6.04 Å². The van der Waals surface area contributed by atoms with Crippen molar-refractivity contribution < 1.29 is 18.0 Å². The zero-order valence-corrected chi connectivity index (χ0v) is 24.6. The van der Waals surface area contributed by atoms with Gasteiger partial charge in [-0.05, 0) is 43.0 Å². The third-order valence-electron chi connectivity index (χ3n) is 6.73. The van der Waals surface area contributed by atoms with Gasteiger partial charge in [0.05, 0.1) is 11.9 Å². The normalized spacial score (nSPS) is 12.0. The topological polar surface area (TPSA) is 86.8 Å². The number of hydrogen-bond donors (Lipinski definition) is 1. The average molecular weight is 564 g/mol. The molecule has 0 aliphatic heterocycles. The highest BCUT2D eigenvalue weighted by atomic mass is 32.2. The molecule has 0 aliphatic carbocycles. The number of unbranched alkanes of at least 4 members (excludes halogenated alkanes) is 1. The van der Waals surface area contributed by atoms with Crippen LogP contribution in [-0.4, -0.2) is 50.5 Å². The molecule has 8 heteroatoms. The number of anilines is 1. The van der Waals surface area contributed by atoms with Crippen LogP contribution in [0.4, 0.5) is 5.69 Å². The fraction of sp³-hybridized carbons (Fsp3) is 0.375. The van der Waals surface area contributed by atoms with E-state index in [4.69, 9.17) is 0 Å². The molecule has 1 atom stereocenters. The summed E-state index contributed by atoms with van der Waals surface area (Å²) in [5.74, 6) is -0.366. The lowest BCUT2D eigenvalue weighted by atomic mass is 10.0. The molecule has 0 spiro atoms. The molecule has 7 nitrogen and oxygen atoms in total. The SMILES string of the molecule is CCCCNC(=O)C(Cc1ccccc1)N(Cc1cccc(C)c1)C(=O)CCCN(c1ccccc1)S(C)(=O)=O. The second-order valence-electron chi connectivity index (χ2n) is 10.1. The third kappa shape index (κ3) is 9.52. The van der Waals surface area contributed by atoms with E-state index >= 15 is 0 Å². The van der Waals surface area contributed by atoms with Crippen LogP contribution in [0.1, 0.15) is 49.3 Å². The largest absolute Gasteiger partial charge is 0.354 e. The maximum atomic E-state index is 13.8. The summed E-state index contributed by atoms with van der Waals surface area (Å²) in [5, 5.41) is 3.03. The van der Waals surface area contributed by atoms with Crippen LogP contribution in [0.25, 0.3) is 0 Å². The summed E-state index contributed by atoms with van der Waals surface area (Å²) in [6, 6.07) is 25.8. The predicted octanol–water partition coefficient (Wildman–Crippen LogP) is 5.10. The molecule has 0 heterocycles. The number of benzene rings is 3. The van der Waals surface area contributed by atoms with Gasteiger partial charge in [0, 0.05) is 32.5 Å². The quantitative estimate of drug-likeness (QED) is 0.261. The van der Waals surface area contributed by atoms with E-state index in [1.165, 1.54) is 10.6 Å². The lowest BCUT2D eigenvalue weighted by molar-refractivity contribution is -0.141. The van der Waals surface area contributed by atoms with Crippen LogP contribution in [0.5, 0.6) is 0 Å². The van der Waals surface area contributed by atoms with Gasteiger partial charge in [-0.2, -0.15) is 0 Å². The molecule has 0 bridgehead atoms. The van der Waals surface area contributed by atoms with E-state index in [-0.39, 0.29) is 31.3 Å². The van der Waals surface area contributed by atoms with Crippen LogP contribution >= 0.6 is 0 Å². The minimum Gasteiger partial charge on any atom is -0.354 e. The molecule has 2 amide bonds. The first kappa shape index (κ1) is 30.9. The van der Waals surface area contributed by atoms with Gasteiger partial charge in [0.15, 0.2) is 0 Å². The van der Waals surface area contributed by atoms with Crippen molar-refractivity contribution in [2.45, 2.75) is 58.5 Å². The van der Waals surface area contributed by atoms with Crippen molar-refractivity contribution in [1.29, 1.82) is 0 Å². The number of amides is 2. The summed E-state index contributed by atoms with van der Waals surface area (Å²) in [7, 11) is -3.53. The molecule has 1 N–H and O–H groups in total. The lowest BCUT2D eigenvalue weighted by Gasteiger charge is -2.32. The number of sulfonamides is 1. The summed E-state index contributed by atoms with van der Waals surface area (Å²) in [4.78, 5) is 29.0. The van der Waals surface area contributed by atoms with Crippen molar-refractivity contribution >= 4 is 27.5 Å². The van der Waals surface area contributed by atoms with Crippen molar-refractivity contribution in [1.82, 2.24) is 10.2 Å². The molecule has 3 aromatic rings. The minimum absolute atomic E-state index is 0.109. The highest BCUT2D eigenvalue weighted by Gasteiger charge is 2.30. The zero-order valence-electron chi connectivity index (χ0n) is 23.8. The van der Waals surface area contributed by atoms with Gasteiger partial charge in [-0.1, -0.05) is 91.7 Å². The number of hydrogen-bond acceptors (Lipinski definition) is 4. The van der Waals surface area contributed by atoms with Crippen molar-refractivity contribution in [2.75, 3.05) is 23.7 Å². The molecule has 3 aromatic carbocycles. The van der Waals surface area contributed by atoms with Gasteiger partial charge in [0.25, 0.3) is 0 Å². The molecule has 0 aliphatic rings. The molecule has 40 heavy (non-hydrogen) atoms. The third-order valence-corrected chi connectivity index (χ3v) is 7.93. The number of aryl methyl sites for hydroxylation is 1. The molecule has 1 unspecified atom stereocenters. The lowest BCUT2D eigenvalue weighted by Crippen LogP contribution is -2.50. The molecular weight excluding hydrogens is 522 g/mol. The maximum Gasteiger partial charge on any atom is 0.243 e. The molecule has 0 radical (unpaired) electrons. The number of para-hydroxylation sites is 1. The van der Waals surface area contributed by atoms with Crippen LogP contribution in [0, 0.1) is 6.92 Å². The van der Waals surface area contributed by atoms with Gasteiger partial charge in [-0.25, -0.2) is 8.42 Å². The Morgan fingerprint density at radius 1 is 0.875 bits per heavy atom. The first-order valence-corrected chi connectivity index (χ1v) is 15.7. The summed E-state index contributed by atoms with van der Waals surface area (Å²) in [6.45, 7) is 5.06. The maximum absolute atomic E-state index is 13.8. The second kappa shape index (κ2) is 15.2. The van der Waals surface area contributed by atoms with Crippen LogP contribution in [0.2, 0.25) is 0 Å². The molecule has 0 fully saturated rings. The summed E-state index contributed by atoms with van der Waals surface area (Å²) < 4.78 is 26.4. The zero-order chi connectivity index (χ0) is 29.0. The summed E-state index contributed by atoms with van der Waals surface area (Å²) in [6.07, 6.45) is 3.79. The average Bonchev–Trinajstić information content (AvgIpc) is 2.93. The standard InChI is InChI=1S/C32H41N3O4S/c1-4-5-21-33-32(37)30(24-27-15-8-6-9-16-27)34(25-28-17-12-14-26(2)23-28)31(36)20-13-22-35(40(3,38)39)29-18-10-7-11-19-29/h6-12,14-19,23,30H,4-5,13,20-22,24-25H2,1-3H3,(H,33,37). The van der Waals surface area contributed by atoms with Crippen LogP contribution in [0.15, 0.2) is 84.9 Å². The monoisotopic (exact) mass is 563 g/mol. The molecule has 0 saturated carbocycles. The Morgan fingerprint density at radius 2 is 1.52 bits per heavy atom. The van der Waals surface area contributed by atoms with E-state index in [0.717, 1.165) is 29.5 Å². The Morgan fingerprint density at radius 3 is 2.15 bits per heavy atom. The number of rotatable bonds is 15. The molecule has 214 valence electrons. The molecule has 0 saturated heterocycles. The predicted molar refractivity (Wildman–Crippen MR) is 161 cm³/mol. The Bertz CT molecular complexity index is 1330. The Balaban J connectivity index is 1.86. The summed E-state index contributed by atoms with van der Waals surface area (Å²) >= 11 is 0. The highest BCUT2D eigenvalue weighted by molar-refractivity contribution is 7.92. The van der Waals surface area contributed by atoms with Gasteiger partial charge in [-0.15, -0.1) is 0 Å². The van der Waals surface area contributed by atoms with E-state index in [1.54, 1.807) is 29.2 Å². The van der Waals surface area contributed by atoms with Crippen molar-refractivity contribution in [3.8, 4) is 0 Å². The Kier molecular flexibility index (Phi) is 11.8. The van der Waals surface area contributed by atoms with E-state index in [0.29, 0.717) is 25.1 Å². The van der Waals surface area contributed by atoms with Gasteiger partial charge >= 0.3 is 0 Å². The Hall–Kier alpha value is -3.65. The fourth-order valence-electron chi connectivity index (χ4n) is 4.67. The van der Waals surface area contributed by atoms with Crippen molar-refractivity contribution in [3.63, 3.8) is 0 Å². The number of carbonyl (C=O) groups excluding carboxylic acids is 2. The van der Waals surface area contributed by atoms with E-state index in [2.05, 4.69) is 12.2 Å². The molecule has 3 rings (SSSR count). The number of nitrogens with one attached hydrogen (secondary N) is 1. The molecule has 0 aromatic heterocycles. The van der Waals surface area contributed by atoms with Crippen LogP contribution < -0.4 is 9.62 Å². The van der Waals surface area contributed by atoms with E-state index in [1.807, 2.05) is 67.6 Å². The molecular formula is C32H41N3O4S. The van der Waals surface area contributed by atoms with E-state index < -0.39 is 16.1 Å². The fourth-order valence-corrected chi connectivity index (χ4v) is 5.63. The summed E-state index contributed by atoms with van der Waals surface area (Å²) in [5.41, 5.74) is 3.54. The van der Waals surface area contributed by atoms with Gasteiger partial charge in [0.2, 0.25) is 21.8 Å². The van der Waals surface area contributed by atoms with Gasteiger partial charge < -0.3 is 10.2 Å². The first-order valence-electron chi connectivity index (χ1n) is 13.9. The van der Waals surface area contributed by atoms with E-state index in [9.17, 15) is 18.0 Å². The van der Waals surface area contributed by atoms with Crippen molar-refractivity contribution in [3.05, 3.63) is 102 Å².